The molecule has 1 aromatic rings. The molecule has 2 aliphatic rings. The van der Waals surface area contributed by atoms with Crippen LogP contribution < -0.4 is 0 Å². The third kappa shape index (κ3) is 4.55. The van der Waals surface area contributed by atoms with Crippen LogP contribution >= 0.6 is 0 Å². The molecule has 0 bridgehead atoms. The van der Waals surface area contributed by atoms with Crippen LogP contribution in [0.3, 0.4) is 0 Å². The number of hydrogen-bond acceptors (Lipinski definition) is 2. The minimum atomic E-state index is 0.226. The SMILES string of the molecule is O=C(C1CC=CCC1)N1CCN(CC=Cc2ccccc2)CC1. The predicted octanol–water partition coefficient (Wildman–Crippen LogP) is 3.20. The van der Waals surface area contributed by atoms with Crippen molar-refractivity contribution in [2.24, 2.45) is 5.92 Å². The van der Waals surface area contributed by atoms with E-state index in [9.17, 15) is 4.79 Å². The molecule has 3 nitrogen and oxygen atoms in total. The molecule has 1 aliphatic carbocycles. The highest BCUT2D eigenvalue weighted by Crippen LogP contribution is 2.21. The first kappa shape index (κ1) is 16.0. The lowest BCUT2D eigenvalue weighted by Gasteiger charge is -2.36. The predicted molar refractivity (Wildman–Crippen MR) is 95.0 cm³/mol. The minimum Gasteiger partial charge on any atom is -0.340 e. The van der Waals surface area contributed by atoms with Gasteiger partial charge in [-0.2, -0.15) is 0 Å². The maximum absolute atomic E-state index is 12.5. The molecular formula is C20H26N2O. The second-order valence-electron chi connectivity index (χ2n) is 6.42. The van der Waals surface area contributed by atoms with Gasteiger partial charge in [-0.25, -0.2) is 0 Å². The number of rotatable bonds is 4. The van der Waals surface area contributed by atoms with E-state index in [0.717, 1.165) is 52.0 Å². The highest BCUT2D eigenvalue weighted by atomic mass is 16.2. The summed E-state index contributed by atoms with van der Waals surface area (Å²) in [5.41, 5.74) is 1.24. The zero-order valence-electron chi connectivity index (χ0n) is 13.7. The van der Waals surface area contributed by atoms with Gasteiger partial charge in [-0.15, -0.1) is 0 Å². The molecule has 1 fully saturated rings. The fourth-order valence-corrected chi connectivity index (χ4v) is 3.33. The van der Waals surface area contributed by atoms with Gasteiger partial charge in [0.1, 0.15) is 0 Å². The van der Waals surface area contributed by atoms with Gasteiger partial charge in [0.2, 0.25) is 5.91 Å². The van der Waals surface area contributed by atoms with Gasteiger partial charge >= 0.3 is 0 Å². The van der Waals surface area contributed by atoms with Crippen molar-refractivity contribution in [3.05, 3.63) is 54.1 Å². The number of amides is 1. The third-order valence-corrected chi connectivity index (χ3v) is 4.78. The molecule has 1 unspecified atom stereocenters. The fourth-order valence-electron chi connectivity index (χ4n) is 3.33. The Balaban J connectivity index is 1.42. The Hall–Kier alpha value is -1.87. The van der Waals surface area contributed by atoms with Gasteiger partial charge in [-0.05, 0) is 24.8 Å². The van der Waals surface area contributed by atoms with Gasteiger partial charge in [0, 0.05) is 38.6 Å². The topological polar surface area (TPSA) is 23.6 Å². The summed E-state index contributed by atoms with van der Waals surface area (Å²) >= 11 is 0. The average Bonchev–Trinajstić information content (AvgIpc) is 2.63. The van der Waals surface area contributed by atoms with E-state index in [1.54, 1.807) is 0 Å². The fraction of sp³-hybridized carbons (Fsp3) is 0.450. The Morgan fingerprint density at radius 3 is 2.57 bits per heavy atom. The van der Waals surface area contributed by atoms with Crippen LogP contribution in [0.25, 0.3) is 6.08 Å². The van der Waals surface area contributed by atoms with E-state index in [-0.39, 0.29) is 5.92 Å². The Bertz CT molecular complexity index is 556. The van der Waals surface area contributed by atoms with E-state index >= 15 is 0 Å². The van der Waals surface area contributed by atoms with Gasteiger partial charge in [0.25, 0.3) is 0 Å². The van der Waals surface area contributed by atoms with Crippen molar-refractivity contribution in [1.82, 2.24) is 9.80 Å². The van der Waals surface area contributed by atoms with Gasteiger partial charge in [0.15, 0.2) is 0 Å². The molecule has 0 aromatic heterocycles. The molecular weight excluding hydrogens is 284 g/mol. The summed E-state index contributed by atoms with van der Waals surface area (Å²) in [6.07, 6.45) is 11.8. The normalized spacial score (nSPS) is 22.6. The molecule has 1 aliphatic heterocycles. The van der Waals surface area contributed by atoms with Gasteiger partial charge < -0.3 is 4.90 Å². The molecule has 0 saturated carbocycles. The van der Waals surface area contributed by atoms with E-state index in [4.69, 9.17) is 0 Å². The monoisotopic (exact) mass is 310 g/mol. The number of nitrogens with zero attached hydrogens (tertiary/aromatic N) is 2. The van der Waals surface area contributed by atoms with Crippen molar-refractivity contribution in [3.8, 4) is 0 Å². The van der Waals surface area contributed by atoms with Crippen LogP contribution in [-0.2, 0) is 4.79 Å². The number of benzene rings is 1. The van der Waals surface area contributed by atoms with Crippen LogP contribution in [-0.4, -0.2) is 48.4 Å². The maximum Gasteiger partial charge on any atom is 0.226 e. The summed E-state index contributed by atoms with van der Waals surface area (Å²) in [5.74, 6) is 0.596. The van der Waals surface area contributed by atoms with Crippen LogP contribution in [0.1, 0.15) is 24.8 Å². The Morgan fingerprint density at radius 2 is 1.87 bits per heavy atom. The number of hydrogen-bond donors (Lipinski definition) is 0. The lowest BCUT2D eigenvalue weighted by molar-refractivity contribution is -0.137. The molecule has 0 N–H and O–H groups in total. The molecule has 3 heteroatoms. The molecule has 23 heavy (non-hydrogen) atoms. The average molecular weight is 310 g/mol. The molecule has 1 amide bonds. The summed E-state index contributed by atoms with van der Waals surface area (Å²) in [7, 11) is 0. The number of piperazine rings is 1. The first-order chi connectivity index (χ1) is 11.3. The van der Waals surface area contributed by atoms with Crippen molar-refractivity contribution < 1.29 is 4.79 Å². The van der Waals surface area contributed by atoms with Gasteiger partial charge in [-0.1, -0.05) is 54.6 Å². The molecule has 0 spiro atoms. The van der Waals surface area contributed by atoms with E-state index in [0.29, 0.717) is 5.91 Å². The van der Waals surface area contributed by atoms with Crippen LogP contribution in [0, 0.1) is 5.92 Å². The summed E-state index contributed by atoms with van der Waals surface area (Å²) in [6, 6.07) is 10.4. The van der Waals surface area contributed by atoms with Gasteiger partial charge in [-0.3, -0.25) is 9.69 Å². The molecule has 1 atom stereocenters. The lowest BCUT2D eigenvalue weighted by Crippen LogP contribution is -2.50. The Morgan fingerprint density at radius 1 is 1.09 bits per heavy atom. The van der Waals surface area contributed by atoms with E-state index in [1.165, 1.54) is 5.56 Å². The molecule has 3 rings (SSSR count). The number of carbonyl (C=O) groups excluding carboxylic acids is 1. The Labute approximate surface area is 139 Å². The number of carbonyl (C=O) groups is 1. The van der Waals surface area contributed by atoms with E-state index < -0.39 is 0 Å². The standard InChI is InChI=1S/C20H26N2O/c23-20(19-11-5-2-6-12-19)22-16-14-21(15-17-22)13-7-10-18-8-3-1-4-9-18/h1-5,7-10,19H,6,11-17H2. The summed E-state index contributed by atoms with van der Waals surface area (Å²) in [5, 5.41) is 0. The summed E-state index contributed by atoms with van der Waals surface area (Å²) in [6.45, 7) is 4.67. The van der Waals surface area contributed by atoms with Crippen molar-refractivity contribution >= 4 is 12.0 Å². The van der Waals surface area contributed by atoms with E-state index in [2.05, 4.69) is 58.4 Å². The van der Waals surface area contributed by atoms with Crippen LogP contribution in [0.4, 0.5) is 0 Å². The first-order valence-corrected chi connectivity index (χ1v) is 8.70. The van der Waals surface area contributed by atoms with Crippen LogP contribution in [0.5, 0.6) is 0 Å². The second kappa shape index (κ2) is 8.11. The molecule has 122 valence electrons. The van der Waals surface area contributed by atoms with Crippen molar-refractivity contribution in [2.45, 2.75) is 19.3 Å². The minimum absolute atomic E-state index is 0.226. The van der Waals surface area contributed by atoms with Gasteiger partial charge in [0.05, 0.1) is 0 Å². The van der Waals surface area contributed by atoms with Crippen molar-refractivity contribution in [2.75, 3.05) is 32.7 Å². The molecule has 1 heterocycles. The smallest absolute Gasteiger partial charge is 0.226 e. The highest BCUT2D eigenvalue weighted by molar-refractivity contribution is 5.79. The first-order valence-electron chi connectivity index (χ1n) is 8.70. The third-order valence-electron chi connectivity index (χ3n) is 4.78. The maximum atomic E-state index is 12.5. The zero-order chi connectivity index (χ0) is 15.9. The largest absolute Gasteiger partial charge is 0.340 e. The molecule has 1 saturated heterocycles. The van der Waals surface area contributed by atoms with Crippen LogP contribution in [0.2, 0.25) is 0 Å². The van der Waals surface area contributed by atoms with E-state index in [1.807, 2.05) is 6.07 Å². The zero-order valence-corrected chi connectivity index (χ0v) is 13.7. The summed E-state index contributed by atoms with van der Waals surface area (Å²) in [4.78, 5) is 17.0. The number of allylic oxidation sites excluding steroid dienone is 2. The lowest BCUT2D eigenvalue weighted by atomic mass is 9.93. The van der Waals surface area contributed by atoms with Crippen molar-refractivity contribution in [3.63, 3.8) is 0 Å². The Kier molecular flexibility index (Phi) is 5.65. The second-order valence-corrected chi connectivity index (χ2v) is 6.42. The molecule has 1 aromatic carbocycles. The summed E-state index contributed by atoms with van der Waals surface area (Å²) < 4.78 is 0. The van der Waals surface area contributed by atoms with Crippen LogP contribution in [0.15, 0.2) is 48.6 Å². The highest BCUT2D eigenvalue weighted by Gasteiger charge is 2.26. The quantitative estimate of drug-likeness (QED) is 0.797. The van der Waals surface area contributed by atoms with Crippen molar-refractivity contribution in [1.29, 1.82) is 0 Å². The molecule has 0 radical (unpaired) electrons.